The molecule has 30 heavy (non-hydrogen) atoms. The van der Waals surface area contributed by atoms with Gasteiger partial charge in [-0.15, -0.1) is 0 Å². The molecule has 0 unspecified atom stereocenters. The van der Waals surface area contributed by atoms with Gasteiger partial charge in [-0.2, -0.15) is 0 Å². The lowest BCUT2D eigenvalue weighted by atomic mass is 10.2. The molecule has 0 saturated heterocycles. The van der Waals surface area contributed by atoms with Crippen molar-refractivity contribution in [3.8, 4) is 0 Å². The molecule has 0 radical (unpaired) electrons. The van der Waals surface area contributed by atoms with Crippen molar-refractivity contribution in [3.63, 3.8) is 0 Å². The van der Waals surface area contributed by atoms with Crippen LogP contribution in [0.25, 0.3) is 11.0 Å². The molecule has 0 fully saturated rings. The summed E-state index contributed by atoms with van der Waals surface area (Å²) in [5.41, 5.74) is 0.327. The molecular formula is C22H18ClN3O4. The van der Waals surface area contributed by atoms with E-state index in [1.54, 1.807) is 30.3 Å². The van der Waals surface area contributed by atoms with Gasteiger partial charge in [-0.3, -0.25) is 23.5 Å². The topological polar surface area (TPSA) is 86.2 Å². The molecule has 0 atom stereocenters. The summed E-state index contributed by atoms with van der Waals surface area (Å²) in [4.78, 5) is 38.2. The SMILES string of the molecule is O=C(Cn1c(=O)c(=O)n(Cc2ccccc2)c2ccc(Cl)cc21)NCc1ccco1. The van der Waals surface area contributed by atoms with Gasteiger partial charge >= 0.3 is 11.1 Å². The van der Waals surface area contributed by atoms with Crippen molar-refractivity contribution < 1.29 is 9.21 Å². The largest absolute Gasteiger partial charge is 0.467 e. The van der Waals surface area contributed by atoms with Crippen molar-refractivity contribution in [3.05, 3.63) is 104 Å². The normalized spacial score (nSPS) is 11.0. The van der Waals surface area contributed by atoms with Crippen LogP contribution in [0.15, 0.2) is 80.9 Å². The van der Waals surface area contributed by atoms with E-state index in [1.807, 2.05) is 30.3 Å². The summed E-state index contributed by atoms with van der Waals surface area (Å²) in [7, 11) is 0. The number of amides is 1. The number of halogens is 1. The summed E-state index contributed by atoms with van der Waals surface area (Å²) in [6, 6.07) is 17.7. The molecule has 4 aromatic rings. The van der Waals surface area contributed by atoms with Gasteiger partial charge in [-0.25, -0.2) is 0 Å². The molecule has 0 bridgehead atoms. The molecule has 0 spiro atoms. The highest BCUT2D eigenvalue weighted by atomic mass is 35.5. The van der Waals surface area contributed by atoms with Crippen molar-refractivity contribution in [2.45, 2.75) is 19.6 Å². The van der Waals surface area contributed by atoms with E-state index in [9.17, 15) is 14.4 Å². The molecular weight excluding hydrogens is 406 g/mol. The van der Waals surface area contributed by atoms with Crippen molar-refractivity contribution in [1.82, 2.24) is 14.5 Å². The molecule has 0 aliphatic carbocycles. The zero-order valence-electron chi connectivity index (χ0n) is 15.9. The molecule has 2 aromatic heterocycles. The first-order valence-corrected chi connectivity index (χ1v) is 9.66. The molecule has 0 aliphatic heterocycles. The molecule has 0 aliphatic rings. The Morgan fingerprint density at radius 1 is 0.933 bits per heavy atom. The summed E-state index contributed by atoms with van der Waals surface area (Å²) < 4.78 is 7.74. The van der Waals surface area contributed by atoms with Crippen molar-refractivity contribution >= 4 is 28.5 Å². The second-order valence-corrected chi connectivity index (χ2v) is 7.19. The fourth-order valence-electron chi connectivity index (χ4n) is 3.27. The molecule has 8 heteroatoms. The predicted octanol–water partition coefficient (Wildman–Crippen LogP) is 2.77. The van der Waals surface area contributed by atoms with Crippen LogP contribution in [0.2, 0.25) is 5.02 Å². The maximum absolute atomic E-state index is 12.9. The Morgan fingerprint density at radius 2 is 1.70 bits per heavy atom. The summed E-state index contributed by atoms with van der Waals surface area (Å²) in [6.45, 7) is 0.112. The predicted molar refractivity (Wildman–Crippen MR) is 114 cm³/mol. The summed E-state index contributed by atoms with van der Waals surface area (Å²) >= 11 is 6.14. The number of carbonyl (C=O) groups is 1. The number of hydrogen-bond acceptors (Lipinski definition) is 4. The third kappa shape index (κ3) is 4.06. The molecule has 152 valence electrons. The number of fused-ring (bicyclic) bond motifs is 1. The minimum Gasteiger partial charge on any atom is -0.467 e. The Kier molecular flexibility index (Phi) is 5.54. The number of aromatic nitrogens is 2. The highest BCUT2D eigenvalue weighted by molar-refractivity contribution is 6.31. The van der Waals surface area contributed by atoms with Crippen molar-refractivity contribution in [2.75, 3.05) is 0 Å². The van der Waals surface area contributed by atoms with Crippen LogP contribution in [-0.2, 0) is 24.4 Å². The number of carbonyl (C=O) groups excluding carboxylic acids is 1. The first kappa shape index (κ1) is 19.7. The Labute approximate surface area is 176 Å². The van der Waals surface area contributed by atoms with E-state index < -0.39 is 17.0 Å². The highest BCUT2D eigenvalue weighted by Gasteiger charge is 2.16. The quantitative estimate of drug-likeness (QED) is 0.483. The minimum absolute atomic E-state index is 0.185. The third-order valence-corrected chi connectivity index (χ3v) is 4.95. The van der Waals surface area contributed by atoms with E-state index in [0.717, 1.165) is 10.1 Å². The van der Waals surface area contributed by atoms with Crippen LogP contribution in [0.1, 0.15) is 11.3 Å². The number of furan rings is 1. The number of nitrogens with one attached hydrogen (secondary N) is 1. The van der Waals surface area contributed by atoms with E-state index in [4.69, 9.17) is 16.0 Å². The van der Waals surface area contributed by atoms with Crippen LogP contribution < -0.4 is 16.4 Å². The second-order valence-electron chi connectivity index (χ2n) is 6.76. The second kappa shape index (κ2) is 8.42. The van der Waals surface area contributed by atoms with Crippen LogP contribution in [0.5, 0.6) is 0 Å². The van der Waals surface area contributed by atoms with Gasteiger partial charge in [0.2, 0.25) is 5.91 Å². The smallest absolute Gasteiger partial charge is 0.317 e. The lowest BCUT2D eigenvalue weighted by molar-refractivity contribution is -0.121. The first-order chi connectivity index (χ1) is 14.5. The molecule has 2 heterocycles. The zero-order chi connectivity index (χ0) is 21.1. The summed E-state index contributed by atoms with van der Waals surface area (Å²) in [6.07, 6.45) is 1.51. The standard InChI is InChI=1S/C22H18ClN3O4/c23-16-8-9-18-19(11-16)26(14-20(27)24-12-17-7-4-10-30-17)22(29)21(28)25(18)13-15-5-2-1-3-6-15/h1-11H,12-14H2,(H,24,27). The first-order valence-electron chi connectivity index (χ1n) is 9.29. The van der Waals surface area contributed by atoms with Crippen LogP contribution in [0, 0.1) is 0 Å². The van der Waals surface area contributed by atoms with Crippen molar-refractivity contribution in [2.24, 2.45) is 0 Å². The Balaban J connectivity index is 1.73. The van der Waals surface area contributed by atoms with Gasteiger partial charge in [-0.1, -0.05) is 41.9 Å². The maximum Gasteiger partial charge on any atom is 0.317 e. The van der Waals surface area contributed by atoms with Crippen LogP contribution in [0.4, 0.5) is 0 Å². The monoisotopic (exact) mass is 423 g/mol. The molecule has 1 N–H and O–H groups in total. The van der Waals surface area contributed by atoms with Gasteiger partial charge in [0.1, 0.15) is 12.3 Å². The van der Waals surface area contributed by atoms with E-state index >= 15 is 0 Å². The fourth-order valence-corrected chi connectivity index (χ4v) is 3.44. The van der Waals surface area contributed by atoms with Gasteiger partial charge in [0.25, 0.3) is 0 Å². The minimum atomic E-state index is -0.783. The van der Waals surface area contributed by atoms with Crippen molar-refractivity contribution in [1.29, 1.82) is 0 Å². The molecule has 2 aromatic carbocycles. The van der Waals surface area contributed by atoms with E-state index in [1.165, 1.54) is 10.8 Å². The number of rotatable bonds is 6. The zero-order valence-corrected chi connectivity index (χ0v) is 16.6. The lowest BCUT2D eigenvalue weighted by Gasteiger charge is -2.15. The average molecular weight is 424 g/mol. The fraction of sp³-hybridized carbons (Fsp3) is 0.136. The van der Waals surface area contributed by atoms with E-state index in [0.29, 0.717) is 21.8 Å². The van der Waals surface area contributed by atoms with E-state index in [2.05, 4.69) is 5.32 Å². The number of benzene rings is 2. The summed E-state index contributed by atoms with van der Waals surface area (Å²) in [5, 5.41) is 3.08. The van der Waals surface area contributed by atoms with Gasteiger partial charge in [0, 0.05) is 5.02 Å². The lowest BCUT2D eigenvalue weighted by Crippen LogP contribution is -2.44. The Morgan fingerprint density at radius 3 is 2.43 bits per heavy atom. The number of nitrogens with zero attached hydrogens (tertiary/aromatic N) is 2. The van der Waals surface area contributed by atoms with Crippen LogP contribution in [-0.4, -0.2) is 15.0 Å². The van der Waals surface area contributed by atoms with Gasteiger partial charge in [0.05, 0.1) is 30.4 Å². The molecule has 1 amide bonds. The maximum atomic E-state index is 12.9. The molecule has 0 saturated carbocycles. The Hall–Kier alpha value is -3.58. The van der Waals surface area contributed by atoms with Gasteiger partial charge < -0.3 is 9.73 Å². The summed E-state index contributed by atoms with van der Waals surface area (Å²) in [5.74, 6) is 0.164. The average Bonchev–Trinajstić information content (AvgIpc) is 3.27. The number of hydrogen-bond donors (Lipinski definition) is 1. The van der Waals surface area contributed by atoms with Crippen LogP contribution in [0.3, 0.4) is 0 Å². The van der Waals surface area contributed by atoms with Gasteiger partial charge in [0.15, 0.2) is 0 Å². The molecule has 7 nitrogen and oxygen atoms in total. The van der Waals surface area contributed by atoms with E-state index in [-0.39, 0.29) is 19.6 Å². The van der Waals surface area contributed by atoms with Crippen LogP contribution >= 0.6 is 11.6 Å². The highest BCUT2D eigenvalue weighted by Crippen LogP contribution is 2.18. The van der Waals surface area contributed by atoms with Gasteiger partial charge in [-0.05, 0) is 35.9 Å². The Bertz CT molecular complexity index is 1310. The third-order valence-electron chi connectivity index (χ3n) is 4.72. The molecule has 4 rings (SSSR count).